The van der Waals surface area contributed by atoms with E-state index >= 15 is 0 Å². The van der Waals surface area contributed by atoms with E-state index in [1.54, 1.807) is 32.9 Å². The first kappa shape index (κ1) is 29.2. The Labute approximate surface area is 219 Å². The normalized spacial score (nSPS) is 13.4. The van der Waals surface area contributed by atoms with Crippen LogP contribution in [0.25, 0.3) is 0 Å². The fourth-order valence-electron chi connectivity index (χ4n) is 3.87. The number of phenols is 1. The number of aromatic hydroxyl groups is 1. The summed E-state index contributed by atoms with van der Waals surface area (Å²) >= 11 is 0. The molecule has 2 rings (SSSR count). The molecule has 0 aromatic heterocycles. The number of nitrogens with zero attached hydrogens (tertiary/aromatic N) is 1. The van der Waals surface area contributed by atoms with Gasteiger partial charge in [0.15, 0.2) is 0 Å². The molecule has 3 amide bonds. The van der Waals surface area contributed by atoms with E-state index < -0.39 is 35.6 Å². The SMILES string of the molecule is C#CN(C(=O)C(Cc1ccccc1)NC(=O)OC(C)(C)C)C(C(=O)NC(C)CCC)c1cccc(O)c1. The lowest BCUT2D eigenvalue weighted by molar-refractivity contribution is -0.138. The smallest absolute Gasteiger partial charge is 0.408 e. The molecule has 3 N–H and O–H groups in total. The van der Waals surface area contributed by atoms with Gasteiger partial charge < -0.3 is 20.5 Å². The van der Waals surface area contributed by atoms with Gasteiger partial charge in [-0.3, -0.25) is 14.5 Å². The van der Waals surface area contributed by atoms with Gasteiger partial charge in [-0.2, -0.15) is 0 Å². The second-order valence-electron chi connectivity index (χ2n) is 9.92. The molecule has 2 aromatic carbocycles. The number of ether oxygens (including phenoxy) is 1. The van der Waals surface area contributed by atoms with Crippen LogP contribution >= 0.6 is 0 Å². The molecule has 0 radical (unpaired) electrons. The largest absolute Gasteiger partial charge is 0.508 e. The number of rotatable bonds is 10. The van der Waals surface area contributed by atoms with E-state index in [-0.39, 0.29) is 18.2 Å². The number of amides is 3. The second kappa shape index (κ2) is 13.4. The highest BCUT2D eigenvalue weighted by molar-refractivity contribution is 5.93. The van der Waals surface area contributed by atoms with Crippen molar-refractivity contribution in [1.82, 2.24) is 15.5 Å². The van der Waals surface area contributed by atoms with Gasteiger partial charge in [0.1, 0.15) is 23.4 Å². The first-order valence-electron chi connectivity index (χ1n) is 12.4. The number of hydrogen-bond acceptors (Lipinski definition) is 5. The Morgan fingerprint density at radius 2 is 1.76 bits per heavy atom. The number of alkyl carbamates (subject to hydrolysis) is 1. The molecule has 0 saturated carbocycles. The van der Waals surface area contributed by atoms with Gasteiger partial charge >= 0.3 is 6.09 Å². The average molecular weight is 508 g/mol. The maximum atomic E-state index is 13.9. The van der Waals surface area contributed by atoms with Crippen molar-refractivity contribution in [2.75, 3.05) is 0 Å². The minimum absolute atomic E-state index is 0.0750. The zero-order chi connectivity index (χ0) is 27.6. The van der Waals surface area contributed by atoms with Gasteiger partial charge in [-0.15, -0.1) is 0 Å². The van der Waals surface area contributed by atoms with Crippen molar-refractivity contribution in [2.45, 2.75) is 77.6 Å². The number of benzene rings is 2. The molecule has 0 aliphatic rings. The molecule has 3 unspecified atom stereocenters. The predicted octanol–water partition coefficient (Wildman–Crippen LogP) is 4.29. The number of nitrogens with one attached hydrogen (secondary N) is 2. The molecule has 37 heavy (non-hydrogen) atoms. The van der Waals surface area contributed by atoms with Crippen molar-refractivity contribution in [2.24, 2.45) is 0 Å². The molecule has 0 heterocycles. The van der Waals surface area contributed by atoms with Gasteiger partial charge in [0.25, 0.3) is 5.91 Å². The predicted molar refractivity (Wildman–Crippen MR) is 142 cm³/mol. The topological polar surface area (TPSA) is 108 Å². The van der Waals surface area contributed by atoms with Gasteiger partial charge in [0.2, 0.25) is 5.91 Å². The van der Waals surface area contributed by atoms with Gasteiger partial charge in [-0.1, -0.05) is 62.2 Å². The van der Waals surface area contributed by atoms with Crippen molar-refractivity contribution < 1.29 is 24.2 Å². The van der Waals surface area contributed by atoms with Gasteiger partial charge in [0.05, 0.1) is 0 Å². The Bertz CT molecular complexity index is 1100. The summed E-state index contributed by atoms with van der Waals surface area (Å²) in [6, 6.07) is 15.0. The summed E-state index contributed by atoms with van der Waals surface area (Å²) in [6.07, 6.45) is 6.74. The minimum Gasteiger partial charge on any atom is -0.508 e. The third kappa shape index (κ3) is 9.19. The highest BCUT2D eigenvalue weighted by Crippen LogP contribution is 2.26. The van der Waals surface area contributed by atoms with Crippen LogP contribution in [0.3, 0.4) is 0 Å². The molecular weight excluding hydrogens is 470 g/mol. The molecule has 0 saturated heterocycles. The fraction of sp³-hybridized carbons (Fsp3) is 0.414. The van der Waals surface area contributed by atoms with Crippen LogP contribution < -0.4 is 10.6 Å². The van der Waals surface area contributed by atoms with Gasteiger partial charge in [0, 0.05) is 18.5 Å². The summed E-state index contributed by atoms with van der Waals surface area (Å²) in [5.41, 5.74) is 0.336. The monoisotopic (exact) mass is 507 g/mol. The number of carbonyl (C=O) groups excluding carboxylic acids is 3. The zero-order valence-electron chi connectivity index (χ0n) is 22.2. The van der Waals surface area contributed by atoms with Crippen molar-refractivity contribution >= 4 is 17.9 Å². The highest BCUT2D eigenvalue weighted by Gasteiger charge is 2.36. The Morgan fingerprint density at radius 1 is 1.08 bits per heavy atom. The van der Waals surface area contributed by atoms with Crippen molar-refractivity contribution in [1.29, 1.82) is 0 Å². The fourth-order valence-corrected chi connectivity index (χ4v) is 3.87. The van der Waals surface area contributed by atoms with E-state index in [9.17, 15) is 19.5 Å². The lowest BCUT2D eigenvalue weighted by atomic mass is 10.00. The molecule has 0 aliphatic carbocycles. The van der Waals surface area contributed by atoms with Crippen LogP contribution in [0.5, 0.6) is 5.75 Å². The molecular formula is C29H37N3O5. The third-order valence-corrected chi connectivity index (χ3v) is 5.45. The lowest BCUT2D eigenvalue weighted by Crippen LogP contribution is -2.52. The van der Waals surface area contributed by atoms with E-state index in [2.05, 4.69) is 16.7 Å². The first-order valence-corrected chi connectivity index (χ1v) is 12.4. The Balaban J connectivity index is 2.47. The van der Waals surface area contributed by atoms with Crippen LogP contribution in [-0.4, -0.2) is 45.6 Å². The molecule has 198 valence electrons. The van der Waals surface area contributed by atoms with Gasteiger partial charge in [-0.25, -0.2) is 4.79 Å². The number of carbonyl (C=O) groups is 3. The number of phenolic OH excluding ortho intramolecular Hbond substituents is 1. The summed E-state index contributed by atoms with van der Waals surface area (Å²) in [5, 5.41) is 15.6. The summed E-state index contributed by atoms with van der Waals surface area (Å²) in [7, 11) is 0. The Morgan fingerprint density at radius 3 is 2.32 bits per heavy atom. The number of terminal acetylenes is 1. The molecule has 0 spiro atoms. The van der Waals surface area contributed by atoms with E-state index in [0.717, 1.165) is 23.3 Å². The second-order valence-corrected chi connectivity index (χ2v) is 9.92. The van der Waals surface area contributed by atoms with Crippen molar-refractivity contribution in [3.63, 3.8) is 0 Å². The van der Waals surface area contributed by atoms with Crippen LogP contribution in [0.15, 0.2) is 54.6 Å². The standard InChI is InChI=1S/C29H37N3O5/c1-7-13-20(3)30-26(34)25(22-16-12-17-23(33)19-22)32(8-2)27(35)24(18-21-14-10-9-11-15-21)31-28(36)37-29(4,5)6/h2,9-12,14-17,19-20,24-25,33H,7,13,18H2,1,3-6H3,(H,30,34)(H,31,36). The van der Waals surface area contributed by atoms with E-state index in [1.807, 2.05) is 44.2 Å². The molecule has 0 bridgehead atoms. The zero-order valence-corrected chi connectivity index (χ0v) is 22.2. The minimum atomic E-state index is -1.23. The third-order valence-electron chi connectivity index (χ3n) is 5.45. The van der Waals surface area contributed by atoms with Crippen LogP contribution in [0, 0.1) is 12.5 Å². The van der Waals surface area contributed by atoms with E-state index in [0.29, 0.717) is 5.56 Å². The molecule has 0 aliphatic heterocycles. The Hall–Kier alpha value is -3.99. The Kier molecular flexibility index (Phi) is 10.6. The quantitative estimate of drug-likeness (QED) is 0.328. The van der Waals surface area contributed by atoms with E-state index in [1.165, 1.54) is 12.1 Å². The maximum absolute atomic E-state index is 13.9. The first-order chi connectivity index (χ1) is 17.4. The molecule has 2 aromatic rings. The number of hydrogen-bond donors (Lipinski definition) is 3. The van der Waals surface area contributed by atoms with Crippen LogP contribution in [0.2, 0.25) is 0 Å². The van der Waals surface area contributed by atoms with Crippen molar-refractivity contribution in [3.05, 3.63) is 65.7 Å². The van der Waals surface area contributed by atoms with Crippen LogP contribution in [-0.2, 0) is 20.7 Å². The van der Waals surface area contributed by atoms with Crippen LogP contribution in [0.1, 0.15) is 64.6 Å². The highest BCUT2D eigenvalue weighted by atomic mass is 16.6. The average Bonchev–Trinajstić information content (AvgIpc) is 2.81. The summed E-state index contributed by atoms with van der Waals surface area (Å²) in [6.45, 7) is 9.02. The maximum Gasteiger partial charge on any atom is 0.408 e. The lowest BCUT2D eigenvalue weighted by Gasteiger charge is -2.31. The van der Waals surface area contributed by atoms with E-state index in [4.69, 9.17) is 11.2 Å². The summed E-state index contributed by atoms with van der Waals surface area (Å²) in [5.74, 6) is -1.23. The summed E-state index contributed by atoms with van der Waals surface area (Å²) < 4.78 is 5.37. The molecule has 0 fully saturated rings. The molecule has 8 nitrogen and oxygen atoms in total. The molecule has 3 atom stereocenters. The van der Waals surface area contributed by atoms with Crippen molar-refractivity contribution in [3.8, 4) is 18.2 Å². The summed E-state index contributed by atoms with van der Waals surface area (Å²) in [4.78, 5) is 40.9. The molecule has 8 heteroatoms. The van der Waals surface area contributed by atoms with Crippen LogP contribution in [0.4, 0.5) is 4.79 Å². The van der Waals surface area contributed by atoms with Gasteiger partial charge in [-0.05, 0) is 57.4 Å².